The SMILES string of the molecule is COc1ccc(CNC(Cc2cc(=O)[nH]c(-c3ccccn3)n2)c2ccccc2)cc1. The number of benzene rings is 2. The molecule has 0 spiro atoms. The highest BCUT2D eigenvalue weighted by Crippen LogP contribution is 2.20. The number of aromatic nitrogens is 3. The Labute approximate surface area is 181 Å². The summed E-state index contributed by atoms with van der Waals surface area (Å²) >= 11 is 0. The Morgan fingerprint density at radius 2 is 1.77 bits per heavy atom. The summed E-state index contributed by atoms with van der Waals surface area (Å²) in [6, 6.07) is 25.3. The molecule has 0 saturated heterocycles. The van der Waals surface area contributed by atoms with Crippen LogP contribution < -0.4 is 15.6 Å². The highest BCUT2D eigenvalue weighted by Gasteiger charge is 2.15. The highest BCUT2D eigenvalue weighted by atomic mass is 16.5. The van der Waals surface area contributed by atoms with E-state index >= 15 is 0 Å². The Morgan fingerprint density at radius 1 is 1.00 bits per heavy atom. The van der Waals surface area contributed by atoms with E-state index in [1.807, 2.05) is 60.7 Å². The summed E-state index contributed by atoms with van der Waals surface area (Å²) in [5, 5.41) is 3.61. The Bertz CT molecular complexity index is 1160. The first-order valence-electron chi connectivity index (χ1n) is 10.1. The number of hydrogen-bond donors (Lipinski definition) is 2. The van der Waals surface area contributed by atoms with E-state index in [2.05, 4.69) is 32.4 Å². The summed E-state index contributed by atoms with van der Waals surface area (Å²) in [4.78, 5) is 24.0. The molecule has 2 heterocycles. The molecule has 2 aromatic heterocycles. The molecule has 2 aromatic carbocycles. The van der Waals surface area contributed by atoms with Crippen LogP contribution >= 0.6 is 0 Å². The molecule has 6 heteroatoms. The van der Waals surface area contributed by atoms with Crippen molar-refractivity contribution < 1.29 is 4.74 Å². The Kier molecular flexibility index (Phi) is 6.50. The van der Waals surface area contributed by atoms with Gasteiger partial charge < -0.3 is 15.0 Å². The van der Waals surface area contributed by atoms with Crippen LogP contribution in [0.15, 0.2) is 89.9 Å². The molecule has 31 heavy (non-hydrogen) atoms. The van der Waals surface area contributed by atoms with Crippen molar-refractivity contribution in [1.82, 2.24) is 20.3 Å². The largest absolute Gasteiger partial charge is 0.497 e. The Hall–Kier alpha value is -3.77. The first kappa shape index (κ1) is 20.5. The van der Waals surface area contributed by atoms with E-state index in [1.54, 1.807) is 19.4 Å². The van der Waals surface area contributed by atoms with Crippen molar-refractivity contribution in [3.05, 3.63) is 112 Å². The molecule has 0 bridgehead atoms. The fourth-order valence-electron chi connectivity index (χ4n) is 3.42. The predicted molar refractivity (Wildman–Crippen MR) is 121 cm³/mol. The molecular weight excluding hydrogens is 388 g/mol. The van der Waals surface area contributed by atoms with Gasteiger partial charge in [-0.05, 0) is 35.4 Å². The minimum absolute atomic E-state index is 0.00538. The molecule has 4 rings (SSSR count). The molecule has 1 unspecified atom stereocenters. The quantitative estimate of drug-likeness (QED) is 0.459. The van der Waals surface area contributed by atoms with Gasteiger partial charge in [0.15, 0.2) is 5.82 Å². The van der Waals surface area contributed by atoms with E-state index in [-0.39, 0.29) is 11.6 Å². The first-order valence-corrected chi connectivity index (χ1v) is 10.1. The summed E-state index contributed by atoms with van der Waals surface area (Å²) in [6.07, 6.45) is 2.26. The fraction of sp³-hybridized carbons (Fsp3) is 0.160. The Balaban J connectivity index is 1.57. The minimum Gasteiger partial charge on any atom is -0.497 e. The first-order chi connectivity index (χ1) is 15.2. The number of methoxy groups -OCH3 is 1. The summed E-state index contributed by atoms with van der Waals surface area (Å²) in [6.45, 7) is 0.680. The third kappa shape index (κ3) is 5.43. The van der Waals surface area contributed by atoms with Crippen molar-refractivity contribution in [3.8, 4) is 17.3 Å². The maximum absolute atomic E-state index is 12.3. The van der Waals surface area contributed by atoms with Crippen molar-refractivity contribution >= 4 is 0 Å². The van der Waals surface area contributed by atoms with E-state index in [0.717, 1.165) is 16.9 Å². The number of ether oxygens (including phenoxy) is 1. The standard InChI is InChI=1S/C25H24N4O2/c1-31-21-12-10-18(11-13-21)17-27-23(19-7-3-2-4-8-19)15-20-16-24(30)29-25(28-20)22-9-5-6-14-26-22/h2-14,16,23,27H,15,17H2,1H3,(H,28,29,30). The van der Waals surface area contributed by atoms with Gasteiger partial charge in [0.25, 0.3) is 5.56 Å². The van der Waals surface area contributed by atoms with E-state index in [1.165, 1.54) is 0 Å². The van der Waals surface area contributed by atoms with Crippen LogP contribution in [-0.4, -0.2) is 22.1 Å². The van der Waals surface area contributed by atoms with Crippen LogP contribution in [0.4, 0.5) is 0 Å². The zero-order chi connectivity index (χ0) is 21.5. The molecule has 0 fully saturated rings. The lowest BCUT2D eigenvalue weighted by Gasteiger charge is -2.19. The van der Waals surface area contributed by atoms with Crippen molar-refractivity contribution in [2.24, 2.45) is 0 Å². The average Bonchev–Trinajstić information content (AvgIpc) is 2.83. The number of H-pyrrole nitrogens is 1. The molecule has 0 radical (unpaired) electrons. The maximum atomic E-state index is 12.3. The number of nitrogens with one attached hydrogen (secondary N) is 2. The van der Waals surface area contributed by atoms with Crippen molar-refractivity contribution in [3.63, 3.8) is 0 Å². The van der Waals surface area contributed by atoms with Crippen molar-refractivity contribution in [2.45, 2.75) is 19.0 Å². The molecule has 2 N–H and O–H groups in total. The molecular formula is C25H24N4O2. The lowest BCUT2D eigenvalue weighted by molar-refractivity contribution is 0.414. The lowest BCUT2D eigenvalue weighted by Crippen LogP contribution is -2.24. The zero-order valence-corrected chi connectivity index (χ0v) is 17.3. The summed E-state index contributed by atoms with van der Waals surface area (Å²) in [5.74, 6) is 1.31. The van der Waals surface area contributed by atoms with Gasteiger partial charge in [-0.1, -0.05) is 48.5 Å². The van der Waals surface area contributed by atoms with E-state index in [9.17, 15) is 4.79 Å². The normalized spacial score (nSPS) is 11.8. The second-order valence-corrected chi connectivity index (χ2v) is 7.20. The van der Waals surface area contributed by atoms with E-state index in [4.69, 9.17) is 4.74 Å². The van der Waals surface area contributed by atoms with Crippen LogP contribution in [0.2, 0.25) is 0 Å². The van der Waals surface area contributed by atoms with Crippen molar-refractivity contribution in [2.75, 3.05) is 7.11 Å². The average molecular weight is 412 g/mol. The smallest absolute Gasteiger partial charge is 0.251 e. The highest BCUT2D eigenvalue weighted by molar-refractivity contribution is 5.48. The number of hydrogen-bond acceptors (Lipinski definition) is 5. The molecule has 0 aliphatic rings. The summed E-state index contributed by atoms with van der Waals surface area (Å²) < 4.78 is 5.24. The number of rotatable bonds is 8. The molecule has 6 nitrogen and oxygen atoms in total. The number of pyridine rings is 1. The monoisotopic (exact) mass is 412 g/mol. The molecule has 0 aliphatic heterocycles. The molecule has 4 aromatic rings. The lowest BCUT2D eigenvalue weighted by atomic mass is 10.0. The van der Waals surface area contributed by atoms with E-state index in [0.29, 0.717) is 30.2 Å². The third-order valence-corrected chi connectivity index (χ3v) is 5.03. The maximum Gasteiger partial charge on any atom is 0.251 e. The zero-order valence-electron chi connectivity index (χ0n) is 17.3. The number of nitrogens with zero attached hydrogens (tertiary/aromatic N) is 2. The van der Waals surface area contributed by atoms with Gasteiger partial charge in [-0.25, -0.2) is 4.98 Å². The molecule has 0 saturated carbocycles. The number of aromatic amines is 1. The second kappa shape index (κ2) is 9.82. The van der Waals surface area contributed by atoms with Crippen molar-refractivity contribution in [1.29, 1.82) is 0 Å². The second-order valence-electron chi connectivity index (χ2n) is 7.20. The van der Waals surface area contributed by atoms with E-state index < -0.39 is 0 Å². The molecule has 1 atom stereocenters. The van der Waals surface area contributed by atoms with Crippen LogP contribution in [-0.2, 0) is 13.0 Å². The predicted octanol–water partition coefficient (Wildman–Crippen LogP) is 3.91. The van der Waals surface area contributed by atoms with Gasteiger partial charge in [0.1, 0.15) is 11.4 Å². The van der Waals surface area contributed by atoms with Gasteiger partial charge in [-0.2, -0.15) is 0 Å². The van der Waals surface area contributed by atoms with Gasteiger partial charge in [0, 0.05) is 31.3 Å². The molecule has 156 valence electrons. The van der Waals surface area contributed by atoms with Gasteiger partial charge in [0.05, 0.1) is 12.8 Å². The summed E-state index contributed by atoms with van der Waals surface area (Å²) in [5.41, 5.74) is 3.45. The van der Waals surface area contributed by atoms with Crippen LogP contribution in [0.3, 0.4) is 0 Å². The molecule has 0 aliphatic carbocycles. The van der Waals surface area contributed by atoms with Crippen LogP contribution in [0.25, 0.3) is 11.5 Å². The van der Waals surface area contributed by atoms with Gasteiger partial charge in [0.2, 0.25) is 0 Å². The third-order valence-electron chi connectivity index (χ3n) is 5.03. The minimum atomic E-state index is -0.187. The topological polar surface area (TPSA) is 79.9 Å². The fourth-order valence-corrected chi connectivity index (χ4v) is 3.42. The Morgan fingerprint density at radius 3 is 2.48 bits per heavy atom. The van der Waals surface area contributed by atoms with Gasteiger partial charge >= 0.3 is 0 Å². The van der Waals surface area contributed by atoms with Gasteiger partial charge in [-0.15, -0.1) is 0 Å². The summed E-state index contributed by atoms with van der Waals surface area (Å²) in [7, 11) is 1.66. The van der Waals surface area contributed by atoms with Crippen LogP contribution in [0.5, 0.6) is 5.75 Å². The molecule has 0 amide bonds. The van der Waals surface area contributed by atoms with Crippen LogP contribution in [0.1, 0.15) is 22.9 Å². The van der Waals surface area contributed by atoms with Crippen LogP contribution in [0, 0.1) is 0 Å². The van der Waals surface area contributed by atoms with Gasteiger partial charge in [-0.3, -0.25) is 9.78 Å².